The molecule has 5 N–H and O–H groups in total. The second kappa shape index (κ2) is 16.9. The average molecular weight is 747 g/mol. The number of esters is 1. The number of rotatable bonds is 15. The number of oxazole rings is 1. The van der Waals surface area contributed by atoms with Crippen LogP contribution >= 0.6 is 15.9 Å². The Labute approximate surface area is 296 Å². The minimum absolute atomic E-state index is 0.0245. The highest BCUT2D eigenvalue weighted by Crippen LogP contribution is 2.29. The molecule has 50 heavy (non-hydrogen) atoms. The number of nitrogens with zero attached hydrogens (tertiary/aromatic N) is 1. The number of benzene rings is 4. The average Bonchev–Trinajstić information content (AvgIpc) is 3.54. The molecule has 0 spiro atoms. The molecule has 0 aliphatic heterocycles. The smallest absolute Gasteiger partial charge is 0.328 e. The first-order valence-corrected chi connectivity index (χ1v) is 16.7. The highest BCUT2D eigenvalue weighted by atomic mass is 79.9. The summed E-state index contributed by atoms with van der Waals surface area (Å²) in [6.45, 7) is 0.851. The molecule has 4 aromatic carbocycles. The quantitative estimate of drug-likeness (QED) is 0.0685. The van der Waals surface area contributed by atoms with Gasteiger partial charge in [0.1, 0.15) is 23.1 Å². The van der Waals surface area contributed by atoms with Crippen molar-refractivity contribution in [3.63, 3.8) is 0 Å². The van der Waals surface area contributed by atoms with Gasteiger partial charge in [-0.05, 0) is 114 Å². The maximum atomic E-state index is 15.2. The monoisotopic (exact) mass is 745 g/mol. The number of nitrogens with one attached hydrogen (secondary N) is 3. The fourth-order valence-corrected chi connectivity index (χ4v) is 5.77. The second-order valence-corrected chi connectivity index (χ2v) is 12.3. The van der Waals surface area contributed by atoms with Crippen molar-refractivity contribution < 1.29 is 32.7 Å². The van der Waals surface area contributed by atoms with E-state index in [1.807, 2.05) is 12.1 Å². The number of unbranched alkanes of at least 4 members (excludes halogenated alkanes) is 1. The summed E-state index contributed by atoms with van der Waals surface area (Å²) in [6, 6.07) is 21.4. The molecule has 260 valence electrons. The van der Waals surface area contributed by atoms with Gasteiger partial charge in [0.25, 0.3) is 5.91 Å². The molecule has 1 aromatic heterocycles. The van der Waals surface area contributed by atoms with Crippen LogP contribution in [0.25, 0.3) is 22.6 Å². The van der Waals surface area contributed by atoms with E-state index in [2.05, 4.69) is 36.9 Å². The zero-order chi connectivity index (χ0) is 35.6. The number of carbonyl (C=O) groups excluding carboxylic acids is 3. The Morgan fingerprint density at radius 1 is 0.960 bits per heavy atom. The van der Waals surface area contributed by atoms with Crippen molar-refractivity contribution in [3.05, 3.63) is 106 Å². The summed E-state index contributed by atoms with van der Waals surface area (Å²) in [6.07, 6.45) is 1.88. The minimum atomic E-state index is -0.747. The van der Waals surface area contributed by atoms with Crippen LogP contribution in [0.2, 0.25) is 0 Å². The first-order chi connectivity index (χ1) is 24.2. The number of hydrogen-bond acceptors (Lipinski definition) is 9. The Hall–Kier alpha value is -5.27. The highest BCUT2D eigenvalue weighted by Gasteiger charge is 2.21. The van der Waals surface area contributed by atoms with Crippen LogP contribution in [0.1, 0.15) is 40.7 Å². The van der Waals surface area contributed by atoms with Gasteiger partial charge in [-0.25, -0.2) is 14.2 Å². The van der Waals surface area contributed by atoms with Crippen LogP contribution in [0.4, 0.5) is 15.8 Å². The van der Waals surface area contributed by atoms with Crippen LogP contribution in [0.15, 0.2) is 87.8 Å². The molecule has 0 fully saturated rings. The summed E-state index contributed by atoms with van der Waals surface area (Å²) in [5.74, 6) is -0.712. The predicted octanol–water partition coefficient (Wildman–Crippen LogP) is 6.60. The molecule has 13 heteroatoms. The highest BCUT2D eigenvalue weighted by molar-refractivity contribution is 9.10. The molecule has 1 heterocycles. The van der Waals surface area contributed by atoms with Crippen LogP contribution < -0.4 is 26.4 Å². The zero-order valence-electron chi connectivity index (χ0n) is 27.6. The van der Waals surface area contributed by atoms with E-state index in [4.69, 9.17) is 19.6 Å². The van der Waals surface area contributed by atoms with E-state index in [1.165, 1.54) is 13.2 Å². The number of ether oxygens (including phenoxy) is 2. The summed E-state index contributed by atoms with van der Waals surface area (Å²) >= 11 is 3.39. The molecule has 0 saturated carbocycles. The van der Waals surface area contributed by atoms with Crippen molar-refractivity contribution >= 4 is 56.2 Å². The SMILES string of the molecule is COC(=O)[C@H](CCCCN)NC(=O)Cc1ccc2oc(-c3ccc(NCc4ccc(NC(=O)c5ccc(OC)c(Br)c5)cc4)c(F)c3)nc2c1. The van der Waals surface area contributed by atoms with Crippen molar-refractivity contribution in [3.8, 4) is 17.2 Å². The van der Waals surface area contributed by atoms with Crippen molar-refractivity contribution in [2.24, 2.45) is 5.73 Å². The summed E-state index contributed by atoms with van der Waals surface area (Å²) < 4.78 is 31.8. The van der Waals surface area contributed by atoms with Crippen LogP contribution in [0.3, 0.4) is 0 Å². The predicted molar refractivity (Wildman–Crippen MR) is 192 cm³/mol. The first kappa shape index (κ1) is 36.0. The van der Waals surface area contributed by atoms with Gasteiger partial charge in [0.15, 0.2) is 5.58 Å². The number of carbonyl (C=O) groups is 3. The van der Waals surface area contributed by atoms with Gasteiger partial charge in [-0.2, -0.15) is 0 Å². The van der Waals surface area contributed by atoms with E-state index >= 15 is 4.39 Å². The molecule has 11 nitrogen and oxygen atoms in total. The van der Waals surface area contributed by atoms with Crippen LogP contribution in [0, 0.1) is 5.82 Å². The molecular formula is C37H37BrFN5O6. The summed E-state index contributed by atoms with van der Waals surface area (Å²) in [7, 11) is 2.84. The lowest BCUT2D eigenvalue weighted by atomic mass is 10.1. The molecule has 5 aromatic rings. The van der Waals surface area contributed by atoms with Gasteiger partial charge < -0.3 is 35.6 Å². The first-order valence-electron chi connectivity index (χ1n) is 15.9. The normalized spacial score (nSPS) is 11.5. The Bertz CT molecular complexity index is 1980. The van der Waals surface area contributed by atoms with Gasteiger partial charge in [-0.1, -0.05) is 18.2 Å². The summed E-state index contributed by atoms with van der Waals surface area (Å²) in [5, 5.41) is 8.70. The van der Waals surface area contributed by atoms with Gasteiger partial charge in [0.05, 0.1) is 30.8 Å². The number of hydrogen-bond donors (Lipinski definition) is 4. The molecule has 0 radical (unpaired) electrons. The van der Waals surface area contributed by atoms with Crippen molar-refractivity contribution in [2.45, 2.75) is 38.3 Å². The van der Waals surface area contributed by atoms with Gasteiger partial charge in [-0.3, -0.25) is 9.59 Å². The van der Waals surface area contributed by atoms with E-state index in [1.54, 1.807) is 67.8 Å². The largest absolute Gasteiger partial charge is 0.496 e. The van der Waals surface area contributed by atoms with E-state index in [0.717, 1.165) is 12.0 Å². The van der Waals surface area contributed by atoms with E-state index in [0.29, 0.717) is 75.3 Å². The van der Waals surface area contributed by atoms with Crippen molar-refractivity contribution in [1.29, 1.82) is 0 Å². The van der Waals surface area contributed by atoms with E-state index in [-0.39, 0.29) is 24.1 Å². The molecular weight excluding hydrogens is 709 g/mol. The maximum absolute atomic E-state index is 15.2. The summed E-state index contributed by atoms with van der Waals surface area (Å²) in [5.41, 5.74) is 9.94. The van der Waals surface area contributed by atoms with Crippen molar-refractivity contribution in [2.75, 3.05) is 31.4 Å². The summed E-state index contributed by atoms with van der Waals surface area (Å²) in [4.78, 5) is 42.0. The zero-order valence-corrected chi connectivity index (χ0v) is 29.1. The molecule has 0 aliphatic carbocycles. The number of nitrogens with two attached hydrogens (primary N) is 1. The topological polar surface area (TPSA) is 158 Å². The minimum Gasteiger partial charge on any atom is -0.496 e. The van der Waals surface area contributed by atoms with Gasteiger partial charge in [-0.15, -0.1) is 0 Å². The van der Waals surface area contributed by atoms with E-state index in [9.17, 15) is 14.4 Å². The number of anilines is 2. The maximum Gasteiger partial charge on any atom is 0.328 e. The van der Waals surface area contributed by atoms with Crippen molar-refractivity contribution in [1.82, 2.24) is 10.3 Å². The molecule has 0 saturated heterocycles. The third kappa shape index (κ3) is 9.24. The fraction of sp³-hybridized carbons (Fsp3) is 0.243. The van der Waals surface area contributed by atoms with Crippen LogP contribution in [-0.4, -0.2) is 49.6 Å². The third-order valence-electron chi connectivity index (χ3n) is 7.91. The Morgan fingerprint density at radius 3 is 2.44 bits per heavy atom. The molecule has 2 amide bonds. The molecule has 0 aliphatic rings. The lowest BCUT2D eigenvalue weighted by Crippen LogP contribution is -2.42. The second-order valence-electron chi connectivity index (χ2n) is 11.5. The van der Waals surface area contributed by atoms with Crippen LogP contribution in [0.5, 0.6) is 5.75 Å². The number of methoxy groups -OCH3 is 2. The van der Waals surface area contributed by atoms with Gasteiger partial charge in [0, 0.05) is 23.4 Å². The number of halogens is 2. The Balaban J connectivity index is 1.17. The number of aromatic nitrogens is 1. The molecule has 0 unspecified atom stereocenters. The van der Waals surface area contributed by atoms with Crippen LogP contribution in [-0.2, 0) is 27.3 Å². The lowest BCUT2D eigenvalue weighted by molar-refractivity contribution is -0.145. The third-order valence-corrected chi connectivity index (χ3v) is 8.53. The lowest BCUT2D eigenvalue weighted by Gasteiger charge is -2.16. The fourth-order valence-electron chi connectivity index (χ4n) is 5.23. The van der Waals surface area contributed by atoms with Gasteiger partial charge >= 0.3 is 5.97 Å². The Morgan fingerprint density at radius 2 is 1.74 bits per heavy atom. The van der Waals surface area contributed by atoms with E-state index < -0.39 is 17.8 Å². The van der Waals surface area contributed by atoms with Gasteiger partial charge in [0.2, 0.25) is 11.8 Å². The standard InChI is InChI=1S/C37H37BrFN5O6/c1-48-32-15-10-24(19-27(32)38)35(46)42-26-11-6-22(7-12-26)21-41-29-13-9-25(20-28(29)39)36-44-31-17-23(8-14-33(31)50-36)18-34(45)43-30(37(47)49-2)5-3-4-16-40/h6-15,17,19-20,30,41H,3-5,16,18,21,40H2,1-2H3,(H,42,46)(H,43,45)/t30-/m0/s1. The Kier molecular flexibility index (Phi) is 12.2. The molecule has 0 bridgehead atoms. The number of amides is 2. The molecule has 1 atom stereocenters. The number of fused-ring (bicyclic) bond motifs is 1. The molecule has 5 rings (SSSR count).